The minimum atomic E-state index is -1.68. The molecule has 0 fully saturated rings. The molecule has 1 aromatic carbocycles. The van der Waals surface area contributed by atoms with Crippen molar-refractivity contribution in [3.8, 4) is 0 Å². The van der Waals surface area contributed by atoms with E-state index in [2.05, 4.69) is 21.2 Å². The molecule has 116 valence electrons. The molecule has 0 aliphatic rings. The van der Waals surface area contributed by atoms with Gasteiger partial charge in [0.1, 0.15) is 5.69 Å². The molecule has 0 aromatic heterocycles. The summed E-state index contributed by atoms with van der Waals surface area (Å²) in [7, 11) is 0. The fourth-order valence-corrected chi connectivity index (χ4v) is 1.88. The van der Waals surface area contributed by atoms with Crippen LogP contribution in [0.4, 0.5) is 19.3 Å². The second-order valence-corrected chi connectivity index (χ2v) is 5.54. The molecule has 2 amide bonds. The number of benzene rings is 1. The number of anilines is 1. The quantitative estimate of drug-likeness (QED) is 0.641. The number of carboxylic acid groups (broad SMARTS) is 1. The summed E-state index contributed by atoms with van der Waals surface area (Å²) in [6.07, 6.45) is -0.589. The van der Waals surface area contributed by atoms with Gasteiger partial charge in [0.2, 0.25) is 0 Å². The zero-order valence-corrected chi connectivity index (χ0v) is 12.5. The molecule has 6 nitrogen and oxygen atoms in total. The third-order valence-electron chi connectivity index (χ3n) is 2.41. The molecule has 0 heterocycles. The summed E-state index contributed by atoms with van der Waals surface area (Å²) in [5, 5.41) is 22.3. The van der Waals surface area contributed by atoms with Crippen LogP contribution in [0, 0.1) is 11.6 Å². The van der Waals surface area contributed by atoms with Crippen molar-refractivity contribution < 1.29 is 28.6 Å². The van der Waals surface area contributed by atoms with Crippen LogP contribution >= 0.6 is 15.9 Å². The number of carbonyl (C=O) groups is 2. The number of rotatable bonds is 5. The molecule has 1 rings (SSSR count). The summed E-state index contributed by atoms with van der Waals surface area (Å²) in [4.78, 5) is 22.0. The number of nitrogens with one attached hydrogen (secondary N) is 2. The molecule has 4 N–H and O–H groups in total. The second kappa shape index (κ2) is 6.81. The number of urea groups is 1. The largest absolute Gasteiger partial charge is 0.481 e. The molecule has 0 radical (unpaired) electrons. The number of carboxylic acids is 1. The van der Waals surface area contributed by atoms with E-state index in [9.17, 15) is 23.5 Å². The van der Waals surface area contributed by atoms with E-state index in [4.69, 9.17) is 5.11 Å². The number of hydrogen-bond donors (Lipinski definition) is 4. The molecule has 1 aromatic rings. The van der Waals surface area contributed by atoms with Crippen molar-refractivity contribution in [2.45, 2.75) is 18.9 Å². The molecule has 1 atom stereocenters. The Labute approximate surface area is 127 Å². The molecule has 0 spiro atoms. The fraction of sp³-hybridized carbons (Fsp3) is 0.333. The topological polar surface area (TPSA) is 98.7 Å². The average molecular weight is 367 g/mol. The summed E-state index contributed by atoms with van der Waals surface area (Å²) >= 11 is 2.90. The predicted octanol–water partition coefficient (Wildman–Crippen LogP) is 2.07. The van der Waals surface area contributed by atoms with Crippen LogP contribution in [0.25, 0.3) is 0 Å². The Morgan fingerprint density at radius 3 is 2.33 bits per heavy atom. The Balaban J connectivity index is 2.65. The van der Waals surface area contributed by atoms with E-state index in [0.717, 1.165) is 12.1 Å². The highest BCUT2D eigenvalue weighted by Gasteiger charge is 2.25. The van der Waals surface area contributed by atoms with Gasteiger partial charge in [-0.1, -0.05) is 15.9 Å². The van der Waals surface area contributed by atoms with Crippen LogP contribution < -0.4 is 10.6 Å². The lowest BCUT2D eigenvalue weighted by Gasteiger charge is -2.21. The summed E-state index contributed by atoms with van der Waals surface area (Å²) in [5.74, 6) is -3.20. The Morgan fingerprint density at radius 1 is 1.33 bits per heavy atom. The van der Waals surface area contributed by atoms with Crippen LogP contribution in [0.15, 0.2) is 16.6 Å². The Morgan fingerprint density at radius 2 is 1.86 bits per heavy atom. The van der Waals surface area contributed by atoms with Gasteiger partial charge in [-0.25, -0.2) is 13.6 Å². The van der Waals surface area contributed by atoms with E-state index < -0.39 is 47.9 Å². The zero-order chi connectivity index (χ0) is 16.2. The highest BCUT2D eigenvalue weighted by Crippen LogP contribution is 2.23. The number of aliphatic hydroxyl groups is 1. The molecular weight excluding hydrogens is 354 g/mol. The van der Waals surface area contributed by atoms with Gasteiger partial charge in [0.15, 0.2) is 11.6 Å². The zero-order valence-electron chi connectivity index (χ0n) is 10.9. The van der Waals surface area contributed by atoms with Crippen LogP contribution in [0.1, 0.15) is 13.3 Å². The molecule has 0 aliphatic heterocycles. The maximum atomic E-state index is 13.5. The Kier molecular flexibility index (Phi) is 5.62. The van der Waals surface area contributed by atoms with Gasteiger partial charge < -0.3 is 20.8 Å². The Hall–Kier alpha value is -1.74. The third kappa shape index (κ3) is 5.64. The summed E-state index contributed by atoms with van der Waals surface area (Å²) in [6.45, 7) is 0.813. The number of carbonyl (C=O) groups excluding carboxylic acids is 1. The lowest BCUT2D eigenvalue weighted by Crippen LogP contribution is -2.43. The standard InChI is InChI=1S/C12H13BrF2N2O4/c1-12(21,4-9(18)19)5-16-11(20)17-10-7(14)2-6(13)3-8(10)15/h2-3,21H,4-5H2,1H3,(H,18,19)(H2,16,17,20). The molecule has 0 bridgehead atoms. The molecule has 0 saturated carbocycles. The minimum absolute atomic E-state index is 0.174. The van der Waals surface area contributed by atoms with Gasteiger partial charge in [-0.3, -0.25) is 4.79 Å². The predicted molar refractivity (Wildman–Crippen MR) is 74.0 cm³/mol. The van der Waals surface area contributed by atoms with E-state index >= 15 is 0 Å². The number of aliphatic carboxylic acids is 1. The number of amides is 2. The molecule has 0 aliphatic carbocycles. The molecule has 9 heteroatoms. The first-order valence-electron chi connectivity index (χ1n) is 5.74. The highest BCUT2D eigenvalue weighted by molar-refractivity contribution is 9.10. The van der Waals surface area contributed by atoms with E-state index in [1.54, 1.807) is 0 Å². The smallest absolute Gasteiger partial charge is 0.319 e. The monoisotopic (exact) mass is 366 g/mol. The van der Waals surface area contributed by atoms with E-state index in [1.165, 1.54) is 6.92 Å². The lowest BCUT2D eigenvalue weighted by molar-refractivity contribution is -0.141. The van der Waals surface area contributed by atoms with Crippen molar-refractivity contribution in [3.05, 3.63) is 28.2 Å². The molecule has 21 heavy (non-hydrogen) atoms. The summed E-state index contributed by atoms with van der Waals surface area (Å²) < 4.78 is 27.1. The van der Waals surface area contributed by atoms with Crippen LogP contribution in [0.5, 0.6) is 0 Å². The van der Waals surface area contributed by atoms with Crippen molar-refractivity contribution in [3.63, 3.8) is 0 Å². The van der Waals surface area contributed by atoms with Gasteiger partial charge in [-0.15, -0.1) is 0 Å². The summed E-state index contributed by atoms with van der Waals surface area (Å²) in [6, 6.07) is 0.972. The van der Waals surface area contributed by atoms with Crippen LogP contribution in [-0.4, -0.2) is 34.4 Å². The van der Waals surface area contributed by atoms with Crippen LogP contribution in [0.3, 0.4) is 0 Å². The fourth-order valence-electron chi connectivity index (χ4n) is 1.48. The Bertz CT molecular complexity index is 543. The van der Waals surface area contributed by atoms with Gasteiger partial charge in [0, 0.05) is 11.0 Å². The summed E-state index contributed by atoms with van der Waals surface area (Å²) in [5.41, 5.74) is -2.33. The normalized spacial score (nSPS) is 13.4. The van der Waals surface area contributed by atoms with Crippen molar-refractivity contribution in [1.82, 2.24) is 5.32 Å². The van der Waals surface area contributed by atoms with Gasteiger partial charge in [0.05, 0.1) is 12.0 Å². The second-order valence-electron chi connectivity index (χ2n) is 4.62. The van der Waals surface area contributed by atoms with Gasteiger partial charge >= 0.3 is 12.0 Å². The first-order valence-corrected chi connectivity index (χ1v) is 6.53. The first-order chi connectivity index (χ1) is 9.60. The number of halogens is 3. The van der Waals surface area contributed by atoms with Crippen LogP contribution in [0.2, 0.25) is 0 Å². The molecule has 1 unspecified atom stereocenters. The van der Waals surface area contributed by atoms with E-state index in [-0.39, 0.29) is 4.47 Å². The average Bonchev–Trinajstić information content (AvgIpc) is 2.29. The van der Waals surface area contributed by atoms with Crippen molar-refractivity contribution in [1.29, 1.82) is 0 Å². The lowest BCUT2D eigenvalue weighted by atomic mass is 10.0. The maximum Gasteiger partial charge on any atom is 0.319 e. The SMILES string of the molecule is CC(O)(CNC(=O)Nc1c(F)cc(Br)cc1F)CC(=O)O. The first kappa shape index (κ1) is 17.3. The van der Waals surface area contributed by atoms with E-state index in [1.807, 2.05) is 5.32 Å². The third-order valence-corrected chi connectivity index (χ3v) is 2.87. The van der Waals surface area contributed by atoms with Crippen molar-refractivity contribution in [2.75, 3.05) is 11.9 Å². The maximum absolute atomic E-state index is 13.5. The van der Waals surface area contributed by atoms with Crippen LogP contribution in [-0.2, 0) is 4.79 Å². The van der Waals surface area contributed by atoms with Gasteiger partial charge in [-0.2, -0.15) is 0 Å². The van der Waals surface area contributed by atoms with Crippen molar-refractivity contribution >= 4 is 33.6 Å². The van der Waals surface area contributed by atoms with Gasteiger partial charge in [-0.05, 0) is 19.1 Å². The van der Waals surface area contributed by atoms with Gasteiger partial charge in [0.25, 0.3) is 0 Å². The minimum Gasteiger partial charge on any atom is -0.481 e. The van der Waals surface area contributed by atoms with Crippen molar-refractivity contribution in [2.24, 2.45) is 0 Å². The molecule has 0 saturated heterocycles. The molecular formula is C12H13BrF2N2O4. The number of hydrogen-bond acceptors (Lipinski definition) is 3. The highest BCUT2D eigenvalue weighted by atomic mass is 79.9. The van der Waals surface area contributed by atoms with E-state index in [0.29, 0.717) is 0 Å².